The van der Waals surface area contributed by atoms with E-state index < -0.39 is 4.92 Å². The molecule has 1 aromatic carbocycles. The Balaban J connectivity index is 2.24. The van der Waals surface area contributed by atoms with E-state index in [1.807, 2.05) is 0 Å². The maximum Gasteiger partial charge on any atom is 0.282 e. The molecule has 2 rings (SSSR count). The molecule has 108 valence electrons. The van der Waals surface area contributed by atoms with Gasteiger partial charge in [0, 0.05) is 24.5 Å². The number of nitrogens with zero attached hydrogens (tertiary/aromatic N) is 2. The van der Waals surface area contributed by atoms with Gasteiger partial charge in [-0.1, -0.05) is 28.1 Å². The van der Waals surface area contributed by atoms with Gasteiger partial charge < -0.3 is 4.90 Å². The Kier molecular flexibility index (Phi) is 4.75. The average molecular weight is 341 g/mol. The Hall–Kier alpha value is -1.43. The molecular weight excluding hydrogens is 324 g/mol. The first kappa shape index (κ1) is 15.0. The molecule has 0 saturated carbocycles. The van der Waals surface area contributed by atoms with Crippen molar-refractivity contribution in [3.8, 4) is 0 Å². The number of hydrogen-bond acceptors (Lipinski definition) is 3. The minimum absolute atomic E-state index is 0.0982. The van der Waals surface area contributed by atoms with E-state index in [1.54, 1.807) is 24.0 Å². The predicted molar refractivity (Wildman–Crippen MR) is 80.3 cm³/mol. The summed E-state index contributed by atoms with van der Waals surface area (Å²) in [5, 5.41) is 12.0. The van der Waals surface area contributed by atoms with E-state index in [4.69, 9.17) is 0 Å². The highest BCUT2D eigenvalue weighted by Gasteiger charge is 2.31. The zero-order chi connectivity index (χ0) is 14.7. The smallest absolute Gasteiger partial charge is 0.282 e. The van der Waals surface area contributed by atoms with Crippen molar-refractivity contribution in [3.05, 3.63) is 39.4 Å². The summed E-state index contributed by atoms with van der Waals surface area (Å²) >= 11 is 3.41. The first-order chi connectivity index (χ1) is 9.54. The molecule has 5 nitrogen and oxygen atoms in total. The third-order valence-electron chi connectivity index (χ3n) is 3.75. The van der Waals surface area contributed by atoms with Crippen LogP contribution < -0.4 is 0 Å². The van der Waals surface area contributed by atoms with Crippen molar-refractivity contribution in [2.45, 2.75) is 19.8 Å². The van der Waals surface area contributed by atoms with Crippen molar-refractivity contribution < 1.29 is 9.72 Å². The molecule has 1 aliphatic rings. The number of alkyl halides is 1. The number of benzene rings is 1. The Labute approximate surface area is 126 Å². The van der Waals surface area contributed by atoms with Crippen LogP contribution in [-0.2, 0) is 0 Å². The quantitative estimate of drug-likeness (QED) is 0.480. The molecule has 1 saturated heterocycles. The van der Waals surface area contributed by atoms with Crippen LogP contribution in [0, 0.1) is 23.0 Å². The summed E-state index contributed by atoms with van der Waals surface area (Å²) in [7, 11) is 0. The number of amides is 1. The van der Waals surface area contributed by atoms with Crippen molar-refractivity contribution in [2.24, 2.45) is 5.92 Å². The van der Waals surface area contributed by atoms with Gasteiger partial charge in [-0.05, 0) is 31.2 Å². The maximum absolute atomic E-state index is 12.6. The predicted octanol–water partition coefficient (Wildman–Crippen LogP) is 3.15. The minimum atomic E-state index is -0.480. The normalized spacial score (nSPS) is 18.3. The molecule has 1 aromatic rings. The largest absolute Gasteiger partial charge is 0.338 e. The monoisotopic (exact) mass is 340 g/mol. The second-order valence-corrected chi connectivity index (χ2v) is 5.90. The molecule has 20 heavy (non-hydrogen) atoms. The van der Waals surface area contributed by atoms with Crippen LogP contribution in [0.1, 0.15) is 28.8 Å². The van der Waals surface area contributed by atoms with Gasteiger partial charge in [-0.3, -0.25) is 14.9 Å². The second-order valence-electron chi connectivity index (χ2n) is 5.11. The summed E-state index contributed by atoms with van der Waals surface area (Å²) in [6.45, 7) is 3.12. The molecule has 0 spiro atoms. The Bertz CT molecular complexity index is 533. The standard InChI is InChI=1S/C14H17BrN2O3/c1-10-3-2-4-12(17(19)20)13(10)14(18)16-8-6-11(9-16)5-7-15/h2-4,11H,5-9H2,1H3. The maximum atomic E-state index is 12.6. The van der Waals surface area contributed by atoms with Crippen LogP contribution in [0.5, 0.6) is 0 Å². The Morgan fingerprint density at radius 2 is 2.30 bits per heavy atom. The fourth-order valence-electron chi connectivity index (χ4n) is 2.65. The lowest BCUT2D eigenvalue weighted by atomic mass is 10.0. The molecule has 1 aliphatic heterocycles. The van der Waals surface area contributed by atoms with Crippen LogP contribution in [0.4, 0.5) is 5.69 Å². The van der Waals surface area contributed by atoms with Crippen LogP contribution in [0.15, 0.2) is 18.2 Å². The lowest BCUT2D eigenvalue weighted by molar-refractivity contribution is -0.385. The topological polar surface area (TPSA) is 63.5 Å². The fourth-order valence-corrected chi connectivity index (χ4v) is 3.30. The summed E-state index contributed by atoms with van der Waals surface area (Å²) in [4.78, 5) is 24.9. The summed E-state index contributed by atoms with van der Waals surface area (Å²) < 4.78 is 0. The van der Waals surface area contributed by atoms with Gasteiger partial charge in [0.2, 0.25) is 0 Å². The van der Waals surface area contributed by atoms with Gasteiger partial charge in [-0.2, -0.15) is 0 Å². The van der Waals surface area contributed by atoms with E-state index in [0.29, 0.717) is 24.6 Å². The molecule has 1 atom stereocenters. The number of carbonyl (C=O) groups excluding carboxylic acids is 1. The van der Waals surface area contributed by atoms with Crippen LogP contribution in [0.3, 0.4) is 0 Å². The third-order valence-corrected chi connectivity index (χ3v) is 4.21. The molecule has 0 bridgehead atoms. The number of aryl methyl sites for hydroxylation is 1. The van der Waals surface area contributed by atoms with Gasteiger partial charge in [-0.25, -0.2) is 0 Å². The number of carbonyl (C=O) groups is 1. The summed E-state index contributed by atoms with van der Waals surface area (Å²) in [5.41, 5.74) is 0.795. The van der Waals surface area contributed by atoms with E-state index in [0.717, 1.165) is 18.2 Å². The Morgan fingerprint density at radius 3 is 2.95 bits per heavy atom. The fraction of sp³-hybridized carbons (Fsp3) is 0.500. The molecule has 0 N–H and O–H groups in total. The van der Waals surface area contributed by atoms with Gasteiger partial charge in [-0.15, -0.1) is 0 Å². The number of halogens is 1. The molecule has 1 amide bonds. The van der Waals surface area contributed by atoms with Crippen LogP contribution >= 0.6 is 15.9 Å². The van der Waals surface area contributed by atoms with Crippen molar-refractivity contribution in [2.75, 3.05) is 18.4 Å². The van der Waals surface area contributed by atoms with Crippen molar-refractivity contribution in [1.29, 1.82) is 0 Å². The van der Waals surface area contributed by atoms with Gasteiger partial charge in [0.05, 0.1) is 4.92 Å². The number of hydrogen-bond donors (Lipinski definition) is 0. The number of likely N-dealkylation sites (tertiary alicyclic amines) is 1. The molecule has 6 heteroatoms. The van der Waals surface area contributed by atoms with Crippen molar-refractivity contribution in [1.82, 2.24) is 4.90 Å². The van der Waals surface area contributed by atoms with Crippen LogP contribution in [0.2, 0.25) is 0 Å². The van der Waals surface area contributed by atoms with Gasteiger partial charge in [0.1, 0.15) is 5.56 Å². The highest BCUT2D eigenvalue weighted by atomic mass is 79.9. The zero-order valence-electron chi connectivity index (χ0n) is 11.3. The van der Waals surface area contributed by atoms with E-state index >= 15 is 0 Å². The summed E-state index contributed by atoms with van der Waals surface area (Å²) in [6, 6.07) is 4.75. The van der Waals surface area contributed by atoms with Gasteiger partial charge in [0.25, 0.3) is 11.6 Å². The minimum Gasteiger partial charge on any atom is -0.338 e. The van der Waals surface area contributed by atoms with E-state index in [9.17, 15) is 14.9 Å². The SMILES string of the molecule is Cc1cccc([N+](=O)[O-])c1C(=O)N1CCC(CCBr)C1. The Morgan fingerprint density at radius 1 is 1.55 bits per heavy atom. The number of nitro groups is 1. The van der Waals surface area contributed by atoms with Gasteiger partial charge >= 0.3 is 0 Å². The second kappa shape index (κ2) is 6.35. The zero-order valence-corrected chi connectivity index (χ0v) is 12.9. The number of rotatable bonds is 4. The highest BCUT2D eigenvalue weighted by molar-refractivity contribution is 9.09. The molecule has 1 heterocycles. The molecule has 1 unspecified atom stereocenters. The third kappa shape index (κ3) is 3.00. The first-order valence-electron chi connectivity index (χ1n) is 6.63. The van der Waals surface area contributed by atoms with Crippen LogP contribution in [0.25, 0.3) is 0 Å². The molecule has 0 radical (unpaired) electrons. The highest BCUT2D eigenvalue weighted by Crippen LogP contribution is 2.27. The first-order valence-corrected chi connectivity index (χ1v) is 7.76. The molecular formula is C14H17BrN2O3. The molecule has 0 aliphatic carbocycles. The van der Waals surface area contributed by atoms with E-state index in [1.165, 1.54) is 6.07 Å². The average Bonchev–Trinajstić information content (AvgIpc) is 2.86. The van der Waals surface area contributed by atoms with Crippen LogP contribution in [-0.4, -0.2) is 34.2 Å². The van der Waals surface area contributed by atoms with E-state index in [2.05, 4.69) is 15.9 Å². The number of nitro benzene ring substituents is 1. The van der Waals surface area contributed by atoms with Crippen molar-refractivity contribution >= 4 is 27.5 Å². The van der Waals surface area contributed by atoms with E-state index in [-0.39, 0.29) is 17.2 Å². The van der Waals surface area contributed by atoms with Crippen molar-refractivity contribution in [3.63, 3.8) is 0 Å². The lowest BCUT2D eigenvalue weighted by Gasteiger charge is -2.17. The molecule has 1 fully saturated rings. The molecule has 0 aromatic heterocycles. The summed E-state index contributed by atoms with van der Waals surface area (Å²) in [5.74, 6) is 0.272. The van der Waals surface area contributed by atoms with Gasteiger partial charge in [0.15, 0.2) is 0 Å². The summed E-state index contributed by atoms with van der Waals surface area (Å²) in [6.07, 6.45) is 2.00. The lowest BCUT2D eigenvalue weighted by Crippen LogP contribution is -2.30.